The molecule has 1 aromatic heterocycles. The van der Waals surface area contributed by atoms with Gasteiger partial charge in [0, 0.05) is 23.0 Å². The minimum Gasteiger partial charge on any atom is -0.298 e. The number of aromatic nitrogens is 2. The van der Waals surface area contributed by atoms with Crippen LogP contribution in [-0.2, 0) is 30.4 Å². The van der Waals surface area contributed by atoms with Crippen molar-refractivity contribution < 1.29 is 38.9 Å². The van der Waals surface area contributed by atoms with E-state index in [0.29, 0.717) is 12.1 Å². The van der Waals surface area contributed by atoms with E-state index in [0.717, 1.165) is 22.9 Å². The molecule has 0 aliphatic rings. The number of hydrogen-bond donors (Lipinski definition) is 4. The molecule has 0 amide bonds. The van der Waals surface area contributed by atoms with Crippen LogP contribution >= 0.6 is 0 Å². The zero-order valence-corrected chi connectivity index (χ0v) is 15.8. The topological polar surface area (TPSA) is 201 Å². The van der Waals surface area contributed by atoms with E-state index in [-0.39, 0.29) is 5.69 Å². The Morgan fingerprint density at radius 2 is 1.29 bits per heavy atom. The van der Waals surface area contributed by atoms with Gasteiger partial charge in [0.05, 0.1) is 10.6 Å². The summed E-state index contributed by atoms with van der Waals surface area (Å²) >= 11 is 0. The summed E-state index contributed by atoms with van der Waals surface area (Å²) in [6, 6.07) is 3.82. The Hall–Kier alpha value is -2.56. The van der Waals surface area contributed by atoms with E-state index >= 15 is 0 Å². The van der Waals surface area contributed by atoms with Crippen LogP contribution in [0.2, 0.25) is 0 Å². The lowest BCUT2D eigenvalue weighted by molar-refractivity contribution is 0.478. The number of nitrogens with zero attached hydrogens (tertiary/aromatic N) is 1. The fourth-order valence-electron chi connectivity index (χ4n) is 2.58. The molecule has 0 aliphatic carbocycles. The number of hydrogen-bond acceptors (Lipinski definition) is 7. The van der Waals surface area contributed by atoms with Crippen molar-refractivity contribution in [2.45, 2.75) is 14.7 Å². The quantitative estimate of drug-likeness (QED) is 0.394. The van der Waals surface area contributed by atoms with Crippen molar-refractivity contribution in [2.24, 2.45) is 0 Å². The van der Waals surface area contributed by atoms with E-state index in [2.05, 4.69) is 5.10 Å². The van der Waals surface area contributed by atoms with Crippen LogP contribution in [0.3, 0.4) is 0 Å². The molecule has 28 heavy (non-hydrogen) atoms. The van der Waals surface area contributed by atoms with Crippen molar-refractivity contribution in [3.8, 4) is 5.69 Å². The van der Waals surface area contributed by atoms with Crippen LogP contribution in [0.15, 0.2) is 56.0 Å². The predicted molar refractivity (Wildman–Crippen MR) is 93.3 cm³/mol. The summed E-state index contributed by atoms with van der Waals surface area (Å²) in [5.74, 6) is 0. The molecule has 12 nitrogen and oxygen atoms in total. The van der Waals surface area contributed by atoms with Gasteiger partial charge in [-0.15, -0.1) is 0 Å². The molecular formula is C13H10N2O10S3. The number of nitrogens with one attached hydrogen (secondary N) is 1. The number of benzene rings is 2. The number of aromatic amines is 1. The maximum absolute atomic E-state index is 11.8. The second-order valence-corrected chi connectivity index (χ2v) is 9.72. The van der Waals surface area contributed by atoms with Crippen LogP contribution in [0.5, 0.6) is 0 Å². The van der Waals surface area contributed by atoms with Crippen molar-refractivity contribution >= 4 is 41.1 Å². The lowest BCUT2D eigenvalue weighted by atomic mass is 10.1. The Kier molecular flexibility index (Phi) is 4.49. The predicted octanol–water partition coefficient (Wildman–Crippen LogP) is 0.0589. The molecule has 4 N–H and O–H groups in total. The van der Waals surface area contributed by atoms with Crippen molar-refractivity contribution in [1.82, 2.24) is 9.78 Å². The van der Waals surface area contributed by atoms with Gasteiger partial charge >= 0.3 is 0 Å². The highest BCUT2D eigenvalue weighted by atomic mass is 32.2. The van der Waals surface area contributed by atoms with Gasteiger partial charge in [-0.05, 0) is 24.3 Å². The van der Waals surface area contributed by atoms with Gasteiger partial charge in [-0.1, -0.05) is 0 Å². The molecule has 3 aromatic rings. The van der Waals surface area contributed by atoms with E-state index in [9.17, 15) is 43.7 Å². The molecular weight excluding hydrogens is 440 g/mol. The van der Waals surface area contributed by atoms with Gasteiger partial charge in [0.2, 0.25) is 0 Å². The summed E-state index contributed by atoms with van der Waals surface area (Å²) in [5.41, 5.74) is -0.900. The Labute approximate surface area is 157 Å². The molecule has 0 aliphatic heterocycles. The second kappa shape index (κ2) is 6.23. The van der Waals surface area contributed by atoms with Crippen molar-refractivity contribution in [2.75, 3.05) is 0 Å². The molecule has 3 rings (SSSR count). The standard InChI is InChI=1S/C13H10N2O10S3/c16-13-1-2-14-15(13)7-3-9-10(11(4-7)27(20,21)22)5-8(26(17,18)19)6-12(9)28(23,24)25/h1-6,14H,(H,17,18,19)(H,20,21,22)(H,23,24,25). The highest BCUT2D eigenvalue weighted by molar-refractivity contribution is 7.87. The van der Waals surface area contributed by atoms with E-state index in [1.807, 2.05) is 0 Å². The van der Waals surface area contributed by atoms with Gasteiger partial charge in [-0.2, -0.15) is 25.3 Å². The number of H-pyrrole nitrogens is 1. The van der Waals surface area contributed by atoms with E-state index in [1.165, 1.54) is 6.20 Å². The number of rotatable bonds is 4. The summed E-state index contributed by atoms with van der Waals surface area (Å²) in [6.07, 6.45) is 1.20. The smallest absolute Gasteiger partial charge is 0.295 e. The zero-order valence-electron chi connectivity index (χ0n) is 13.3. The lowest BCUT2D eigenvalue weighted by Gasteiger charge is -2.12. The van der Waals surface area contributed by atoms with Crippen LogP contribution < -0.4 is 5.56 Å². The third-order valence-corrected chi connectivity index (χ3v) is 6.33. The molecule has 15 heteroatoms. The van der Waals surface area contributed by atoms with Gasteiger partial charge < -0.3 is 0 Å². The average Bonchev–Trinajstić information content (AvgIpc) is 2.96. The Morgan fingerprint density at radius 1 is 0.750 bits per heavy atom. The van der Waals surface area contributed by atoms with Gasteiger partial charge in [0.15, 0.2) is 0 Å². The maximum Gasteiger partial charge on any atom is 0.295 e. The van der Waals surface area contributed by atoms with Gasteiger partial charge in [0.1, 0.15) is 9.79 Å². The van der Waals surface area contributed by atoms with Gasteiger partial charge in [0.25, 0.3) is 35.9 Å². The van der Waals surface area contributed by atoms with Crippen molar-refractivity contribution in [1.29, 1.82) is 0 Å². The lowest BCUT2D eigenvalue weighted by Crippen LogP contribution is -2.15. The molecule has 1 heterocycles. The van der Waals surface area contributed by atoms with Crippen LogP contribution in [0.25, 0.3) is 16.5 Å². The fourth-order valence-corrected chi connectivity index (χ4v) is 4.63. The largest absolute Gasteiger partial charge is 0.298 e. The summed E-state index contributed by atoms with van der Waals surface area (Å²) < 4.78 is 98.9. The summed E-state index contributed by atoms with van der Waals surface area (Å²) in [5, 5.41) is 1.28. The van der Waals surface area contributed by atoms with E-state index in [4.69, 9.17) is 0 Å². The molecule has 0 fully saturated rings. The molecule has 0 unspecified atom stereocenters. The van der Waals surface area contributed by atoms with Crippen LogP contribution in [0, 0.1) is 0 Å². The summed E-state index contributed by atoms with van der Waals surface area (Å²) in [6.45, 7) is 0. The molecule has 0 saturated heterocycles. The van der Waals surface area contributed by atoms with Crippen LogP contribution in [0.4, 0.5) is 0 Å². The monoisotopic (exact) mass is 450 g/mol. The van der Waals surface area contributed by atoms with E-state index < -0.39 is 61.4 Å². The molecule has 0 bridgehead atoms. The highest BCUT2D eigenvalue weighted by Crippen LogP contribution is 2.33. The van der Waals surface area contributed by atoms with Crippen molar-refractivity contribution in [3.05, 3.63) is 46.9 Å². The molecule has 0 saturated carbocycles. The van der Waals surface area contributed by atoms with Gasteiger partial charge in [-0.25, -0.2) is 4.68 Å². The van der Waals surface area contributed by atoms with E-state index in [1.54, 1.807) is 0 Å². The number of fused-ring (bicyclic) bond motifs is 1. The average molecular weight is 450 g/mol. The SMILES string of the molecule is O=c1cc[nH]n1-c1cc(S(=O)(=O)O)c2cc(S(=O)(=O)O)cc(S(=O)(=O)O)c2c1. The first kappa shape index (κ1) is 20.2. The second-order valence-electron chi connectivity index (χ2n) is 5.52. The first-order chi connectivity index (χ1) is 12.7. The molecule has 0 radical (unpaired) electrons. The third kappa shape index (κ3) is 3.58. The minimum absolute atomic E-state index is 0.236. The Morgan fingerprint density at radius 3 is 1.75 bits per heavy atom. The summed E-state index contributed by atoms with van der Waals surface area (Å²) in [7, 11) is -15.2. The van der Waals surface area contributed by atoms with Crippen molar-refractivity contribution in [3.63, 3.8) is 0 Å². The molecule has 2 aromatic carbocycles. The molecule has 0 atom stereocenters. The Bertz CT molecular complexity index is 1500. The third-order valence-electron chi connectivity index (χ3n) is 3.71. The van der Waals surface area contributed by atoms with Crippen LogP contribution in [-0.4, -0.2) is 48.7 Å². The van der Waals surface area contributed by atoms with Gasteiger partial charge in [-0.3, -0.25) is 23.6 Å². The molecule has 0 spiro atoms. The zero-order chi connectivity index (χ0) is 21.1. The first-order valence-electron chi connectivity index (χ1n) is 7.01. The Balaban J connectivity index is 2.64. The van der Waals surface area contributed by atoms with Crippen LogP contribution in [0.1, 0.15) is 0 Å². The first-order valence-corrected chi connectivity index (χ1v) is 11.3. The minimum atomic E-state index is -5.12. The summed E-state index contributed by atoms with van der Waals surface area (Å²) in [4.78, 5) is 8.76. The highest BCUT2D eigenvalue weighted by Gasteiger charge is 2.26. The molecule has 150 valence electrons. The maximum atomic E-state index is 11.8. The fraction of sp³-hybridized carbons (Fsp3) is 0. The normalized spacial score (nSPS) is 13.1.